The topological polar surface area (TPSA) is 104 Å². The number of nitrogens with two attached hydrogens (primary N) is 1. The molecule has 106 valence electrons. The normalized spacial score (nSPS) is 9.50. The Labute approximate surface area is 116 Å². The lowest BCUT2D eigenvalue weighted by Gasteiger charge is -1.99. The molecule has 0 fully saturated rings. The van der Waals surface area contributed by atoms with E-state index in [-0.39, 0.29) is 11.3 Å². The van der Waals surface area contributed by atoms with E-state index in [2.05, 4.69) is 0 Å². The number of carbonyl (C=O) groups is 1. The fourth-order valence-corrected chi connectivity index (χ4v) is 1.54. The summed E-state index contributed by atoms with van der Waals surface area (Å²) in [7, 11) is 0. The summed E-state index contributed by atoms with van der Waals surface area (Å²) in [5, 5.41) is 26.7. The highest BCUT2D eigenvalue weighted by Crippen LogP contribution is 2.20. The maximum atomic E-state index is 10.3. The first kappa shape index (κ1) is 15.4. The van der Waals surface area contributed by atoms with Crippen LogP contribution < -0.4 is 5.73 Å². The Hall–Kier alpha value is -2.69. The summed E-state index contributed by atoms with van der Waals surface area (Å²) >= 11 is 0. The van der Waals surface area contributed by atoms with Gasteiger partial charge in [-0.15, -0.1) is 0 Å². The molecule has 0 bridgehead atoms. The maximum Gasteiger partial charge on any atom is 0.339 e. The first-order valence-electron chi connectivity index (χ1n) is 5.90. The van der Waals surface area contributed by atoms with Gasteiger partial charge in [0, 0.05) is 11.8 Å². The van der Waals surface area contributed by atoms with Gasteiger partial charge in [-0.05, 0) is 37.1 Å². The summed E-state index contributed by atoms with van der Waals surface area (Å²) in [4.78, 5) is 10.3. The SMILES string of the molecule is Cc1cccc(C)c1O.Nc1ccc(C(=O)O)c(O)c1. The number of carboxylic acid groups (broad SMARTS) is 1. The van der Waals surface area contributed by atoms with Crippen LogP contribution in [0, 0.1) is 13.8 Å². The van der Waals surface area contributed by atoms with Crippen molar-refractivity contribution in [1.82, 2.24) is 0 Å². The second-order valence-corrected chi connectivity index (χ2v) is 4.32. The van der Waals surface area contributed by atoms with Crippen LogP contribution in [0.1, 0.15) is 21.5 Å². The number of phenolic OH excluding ortho intramolecular Hbond substituents is 1. The smallest absolute Gasteiger partial charge is 0.339 e. The van der Waals surface area contributed by atoms with Crippen LogP contribution in [-0.4, -0.2) is 21.3 Å². The zero-order valence-corrected chi connectivity index (χ0v) is 11.3. The average molecular weight is 275 g/mol. The van der Waals surface area contributed by atoms with Crippen molar-refractivity contribution in [3.63, 3.8) is 0 Å². The van der Waals surface area contributed by atoms with Crippen molar-refractivity contribution in [2.24, 2.45) is 0 Å². The summed E-state index contributed by atoms with van der Waals surface area (Å²) in [5.41, 5.74) is 7.35. The average Bonchev–Trinajstić information content (AvgIpc) is 2.36. The molecule has 20 heavy (non-hydrogen) atoms. The molecule has 0 aliphatic carbocycles. The Morgan fingerprint density at radius 2 is 1.60 bits per heavy atom. The quantitative estimate of drug-likeness (QED) is 0.599. The minimum atomic E-state index is -1.16. The molecule has 0 aliphatic rings. The first-order valence-corrected chi connectivity index (χ1v) is 5.90. The number of hydrogen-bond acceptors (Lipinski definition) is 4. The molecule has 0 saturated heterocycles. The van der Waals surface area contributed by atoms with Crippen molar-refractivity contribution >= 4 is 11.7 Å². The molecule has 2 aromatic carbocycles. The van der Waals surface area contributed by atoms with Gasteiger partial charge in [-0.1, -0.05) is 18.2 Å². The highest BCUT2D eigenvalue weighted by Gasteiger charge is 2.07. The van der Waals surface area contributed by atoms with E-state index in [1.165, 1.54) is 18.2 Å². The van der Waals surface area contributed by atoms with Crippen molar-refractivity contribution in [2.45, 2.75) is 13.8 Å². The van der Waals surface area contributed by atoms with E-state index in [0.29, 0.717) is 11.4 Å². The van der Waals surface area contributed by atoms with Gasteiger partial charge in [0.05, 0.1) is 0 Å². The second kappa shape index (κ2) is 6.47. The van der Waals surface area contributed by atoms with Crippen LogP contribution in [0.3, 0.4) is 0 Å². The Morgan fingerprint density at radius 1 is 1.05 bits per heavy atom. The minimum absolute atomic E-state index is 0.140. The molecule has 0 amide bonds. The second-order valence-electron chi connectivity index (χ2n) is 4.32. The summed E-state index contributed by atoms with van der Waals surface area (Å²) in [6.07, 6.45) is 0. The molecule has 2 aromatic rings. The number of rotatable bonds is 1. The summed E-state index contributed by atoms with van der Waals surface area (Å²) in [6, 6.07) is 9.59. The number of anilines is 1. The summed E-state index contributed by atoms with van der Waals surface area (Å²) in [6.45, 7) is 3.78. The lowest BCUT2D eigenvalue weighted by molar-refractivity contribution is 0.0694. The third kappa shape index (κ3) is 3.91. The molecule has 0 aliphatic heterocycles. The van der Waals surface area contributed by atoms with Crippen molar-refractivity contribution in [1.29, 1.82) is 0 Å². The van der Waals surface area contributed by atoms with Crippen molar-refractivity contribution < 1.29 is 20.1 Å². The van der Waals surface area contributed by atoms with E-state index in [1.54, 1.807) is 0 Å². The summed E-state index contributed by atoms with van der Waals surface area (Å²) in [5.74, 6) is -1.06. The molecule has 0 unspecified atom stereocenters. The highest BCUT2D eigenvalue weighted by atomic mass is 16.4. The molecule has 0 aromatic heterocycles. The molecule has 0 heterocycles. The van der Waals surface area contributed by atoms with Crippen molar-refractivity contribution in [3.05, 3.63) is 53.1 Å². The lowest BCUT2D eigenvalue weighted by atomic mass is 10.1. The Morgan fingerprint density at radius 3 is 2.00 bits per heavy atom. The van der Waals surface area contributed by atoms with Gasteiger partial charge in [-0.25, -0.2) is 4.79 Å². The lowest BCUT2D eigenvalue weighted by Crippen LogP contribution is -1.97. The van der Waals surface area contributed by atoms with Gasteiger partial charge in [0.25, 0.3) is 0 Å². The van der Waals surface area contributed by atoms with Gasteiger partial charge in [0.2, 0.25) is 0 Å². The number of aromatic hydroxyl groups is 2. The molecular weight excluding hydrogens is 258 g/mol. The third-order valence-corrected chi connectivity index (χ3v) is 2.69. The largest absolute Gasteiger partial charge is 0.507 e. The number of aryl methyl sites for hydroxylation is 2. The molecule has 5 nitrogen and oxygen atoms in total. The monoisotopic (exact) mass is 275 g/mol. The maximum absolute atomic E-state index is 10.3. The van der Waals surface area contributed by atoms with Crippen LogP contribution in [0.4, 0.5) is 5.69 Å². The molecule has 0 saturated carbocycles. The molecule has 0 spiro atoms. The van der Waals surface area contributed by atoms with Crippen molar-refractivity contribution in [2.75, 3.05) is 5.73 Å². The van der Waals surface area contributed by atoms with E-state index < -0.39 is 5.97 Å². The fourth-order valence-electron chi connectivity index (χ4n) is 1.54. The van der Waals surface area contributed by atoms with Crippen LogP contribution in [0.25, 0.3) is 0 Å². The Bertz CT molecular complexity index is 603. The predicted molar refractivity (Wildman–Crippen MR) is 77.1 cm³/mol. The first-order chi connectivity index (χ1) is 9.32. The zero-order valence-electron chi connectivity index (χ0n) is 11.3. The number of phenols is 2. The number of hydrogen-bond donors (Lipinski definition) is 4. The molecule has 5 heteroatoms. The van der Waals surface area contributed by atoms with Crippen molar-refractivity contribution in [3.8, 4) is 11.5 Å². The highest BCUT2D eigenvalue weighted by molar-refractivity contribution is 5.91. The van der Waals surface area contributed by atoms with Crippen LogP contribution >= 0.6 is 0 Å². The number of carboxylic acids is 1. The van der Waals surface area contributed by atoms with Gasteiger partial charge in [-0.2, -0.15) is 0 Å². The Balaban J connectivity index is 0.000000204. The zero-order chi connectivity index (χ0) is 15.3. The van der Waals surface area contributed by atoms with Crippen LogP contribution in [0.2, 0.25) is 0 Å². The van der Waals surface area contributed by atoms with Gasteiger partial charge in [0.15, 0.2) is 0 Å². The van der Waals surface area contributed by atoms with Crippen LogP contribution in [0.15, 0.2) is 36.4 Å². The molecular formula is C15H17NO4. The number of para-hydroxylation sites is 1. The fraction of sp³-hybridized carbons (Fsp3) is 0.133. The van der Waals surface area contributed by atoms with Gasteiger partial charge >= 0.3 is 5.97 Å². The van der Waals surface area contributed by atoms with E-state index in [4.69, 9.17) is 15.9 Å². The van der Waals surface area contributed by atoms with Crippen LogP contribution in [-0.2, 0) is 0 Å². The Kier molecular flexibility index (Phi) is 4.97. The van der Waals surface area contributed by atoms with Gasteiger partial charge in [0.1, 0.15) is 17.1 Å². The number of benzene rings is 2. The van der Waals surface area contributed by atoms with Crippen LogP contribution in [0.5, 0.6) is 11.5 Å². The predicted octanol–water partition coefficient (Wildman–Crippen LogP) is 2.68. The molecule has 0 atom stereocenters. The number of aromatic carboxylic acids is 1. The summed E-state index contributed by atoms with van der Waals surface area (Å²) < 4.78 is 0. The molecule has 0 radical (unpaired) electrons. The van der Waals surface area contributed by atoms with E-state index in [1.807, 2.05) is 32.0 Å². The molecule has 5 N–H and O–H groups in total. The third-order valence-electron chi connectivity index (χ3n) is 2.69. The minimum Gasteiger partial charge on any atom is -0.507 e. The molecule has 2 rings (SSSR count). The van der Waals surface area contributed by atoms with E-state index in [9.17, 15) is 9.90 Å². The van der Waals surface area contributed by atoms with E-state index in [0.717, 1.165) is 11.1 Å². The van der Waals surface area contributed by atoms with Gasteiger partial charge in [-0.3, -0.25) is 0 Å². The van der Waals surface area contributed by atoms with E-state index >= 15 is 0 Å². The number of nitrogen functional groups attached to an aromatic ring is 1. The standard InChI is InChI=1S/C8H10O.C7H7NO3/c1-6-4-3-5-7(2)8(6)9;8-4-1-2-5(7(10)11)6(9)3-4/h3-5,9H,1-2H3;1-3,9H,8H2,(H,10,11). The van der Waals surface area contributed by atoms with Gasteiger partial charge < -0.3 is 21.1 Å².